The van der Waals surface area contributed by atoms with Gasteiger partial charge in [-0.05, 0) is 112 Å². The first kappa shape index (κ1) is 28.2. The fraction of sp³-hybridized carbons (Fsp3) is 0.0408. The van der Waals surface area contributed by atoms with Crippen LogP contribution in [0.25, 0.3) is 93.7 Å². The lowest BCUT2D eigenvalue weighted by Gasteiger charge is -2.32. The molecule has 0 saturated heterocycles. The number of nitriles is 1. The molecular formula is C49H29NO. The normalized spacial score (nSPS) is 14.5. The van der Waals surface area contributed by atoms with Crippen LogP contribution in [0.5, 0.6) is 5.75 Å². The van der Waals surface area contributed by atoms with Crippen molar-refractivity contribution in [1.29, 1.82) is 5.26 Å². The monoisotopic (exact) mass is 647 g/mol. The Bertz CT molecular complexity index is 3000. The maximum Gasteiger partial charge on any atom is 0.128 e. The highest BCUT2D eigenvalue weighted by Crippen LogP contribution is 2.49. The highest BCUT2D eigenvalue weighted by atomic mass is 16.5. The molecule has 1 unspecified atom stereocenters. The van der Waals surface area contributed by atoms with Crippen molar-refractivity contribution < 1.29 is 4.74 Å². The van der Waals surface area contributed by atoms with Crippen molar-refractivity contribution in [2.24, 2.45) is 0 Å². The van der Waals surface area contributed by atoms with Gasteiger partial charge in [-0.3, -0.25) is 0 Å². The first-order chi connectivity index (χ1) is 25.2. The van der Waals surface area contributed by atoms with Crippen LogP contribution in [0.1, 0.15) is 29.2 Å². The van der Waals surface area contributed by atoms with Gasteiger partial charge in [-0.2, -0.15) is 5.26 Å². The molecule has 11 rings (SSSR count). The van der Waals surface area contributed by atoms with E-state index < -0.39 is 0 Å². The first-order valence-corrected chi connectivity index (χ1v) is 17.6. The molecule has 2 heteroatoms. The molecule has 0 radical (unpaired) electrons. The number of hydrogen-bond donors (Lipinski definition) is 0. The number of hydrogen-bond acceptors (Lipinski definition) is 2. The van der Waals surface area contributed by atoms with E-state index in [1.807, 2.05) is 6.07 Å². The third-order valence-electron chi connectivity index (χ3n) is 11.1. The van der Waals surface area contributed by atoms with Crippen LogP contribution in [-0.4, -0.2) is 0 Å². The number of fused-ring (bicyclic) bond motifs is 3. The largest absolute Gasteiger partial charge is 0.485 e. The Morgan fingerprint density at radius 1 is 0.510 bits per heavy atom. The Balaban J connectivity index is 1.03. The zero-order chi connectivity index (χ0) is 33.6. The van der Waals surface area contributed by atoms with E-state index in [9.17, 15) is 5.26 Å². The van der Waals surface area contributed by atoms with Crippen molar-refractivity contribution in [1.82, 2.24) is 0 Å². The number of rotatable bonds is 3. The zero-order valence-corrected chi connectivity index (χ0v) is 27.7. The van der Waals surface area contributed by atoms with Gasteiger partial charge in [-0.15, -0.1) is 0 Å². The Morgan fingerprint density at radius 3 is 1.92 bits per heavy atom. The summed E-state index contributed by atoms with van der Waals surface area (Å²) in [5.41, 5.74) is 12.3. The Labute approximate surface area is 295 Å². The first-order valence-electron chi connectivity index (χ1n) is 17.6. The van der Waals surface area contributed by atoms with Gasteiger partial charge >= 0.3 is 0 Å². The third-order valence-corrected chi connectivity index (χ3v) is 11.1. The van der Waals surface area contributed by atoms with Gasteiger partial charge in [0.2, 0.25) is 0 Å². The second-order valence-electron chi connectivity index (χ2n) is 13.8. The standard InChI is InChI=1S/C49H29NO/c50-28-37-18-24-44-41-21-17-34(27-46(41)51-45-10-4-9-40(37)49(44)45)33-7-3-8-35(26-33)38-19-13-30-16-23-43-39(20-14-31-15-22-42(38)47(30)48(31)43)36-12-11-29-5-1-2-6-32(29)25-36/h1-9,11-27,45H,10H2. The van der Waals surface area contributed by atoms with Crippen molar-refractivity contribution in [2.45, 2.75) is 12.5 Å². The topological polar surface area (TPSA) is 33.0 Å². The van der Waals surface area contributed by atoms with Crippen molar-refractivity contribution >= 4 is 49.2 Å². The Hall–Kier alpha value is -6.69. The summed E-state index contributed by atoms with van der Waals surface area (Å²) in [7, 11) is 0. The van der Waals surface area contributed by atoms with E-state index in [-0.39, 0.29) is 6.10 Å². The van der Waals surface area contributed by atoms with Crippen LogP contribution >= 0.6 is 0 Å². The molecule has 2 nitrogen and oxygen atoms in total. The van der Waals surface area contributed by atoms with Gasteiger partial charge in [0.05, 0.1) is 11.6 Å². The fourth-order valence-corrected chi connectivity index (χ4v) is 8.73. The minimum Gasteiger partial charge on any atom is -0.485 e. The van der Waals surface area contributed by atoms with Crippen LogP contribution in [0.4, 0.5) is 0 Å². The Kier molecular flexibility index (Phi) is 5.89. The molecule has 0 amide bonds. The molecule has 236 valence electrons. The van der Waals surface area contributed by atoms with E-state index in [1.165, 1.54) is 65.3 Å². The van der Waals surface area contributed by atoms with Crippen LogP contribution in [-0.2, 0) is 0 Å². The van der Waals surface area contributed by atoms with Gasteiger partial charge in [-0.25, -0.2) is 0 Å². The fourth-order valence-electron chi connectivity index (χ4n) is 8.73. The van der Waals surface area contributed by atoms with E-state index in [4.69, 9.17) is 4.74 Å². The van der Waals surface area contributed by atoms with E-state index in [2.05, 4.69) is 158 Å². The lowest BCUT2D eigenvalue weighted by molar-refractivity contribution is 0.204. The van der Waals surface area contributed by atoms with Crippen LogP contribution in [0.3, 0.4) is 0 Å². The quantitative estimate of drug-likeness (QED) is 0.179. The number of ether oxygens (including phenoxy) is 1. The van der Waals surface area contributed by atoms with Crippen molar-refractivity contribution in [2.75, 3.05) is 0 Å². The minimum absolute atomic E-state index is 0.0821. The molecule has 9 aromatic rings. The predicted octanol–water partition coefficient (Wildman–Crippen LogP) is 13.1. The maximum absolute atomic E-state index is 9.71. The van der Waals surface area contributed by atoms with Gasteiger partial charge in [0.1, 0.15) is 11.9 Å². The van der Waals surface area contributed by atoms with E-state index in [1.54, 1.807) is 0 Å². The second kappa shape index (κ2) is 10.7. The smallest absolute Gasteiger partial charge is 0.128 e. The lowest BCUT2D eigenvalue weighted by atomic mass is 9.82. The zero-order valence-electron chi connectivity index (χ0n) is 27.7. The second-order valence-corrected chi connectivity index (χ2v) is 13.8. The molecule has 0 spiro atoms. The summed E-state index contributed by atoms with van der Waals surface area (Å²) in [5, 5.41) is 19.9. The summed E-state index contributed by atoms with van der Waals surface area (Å²) in [5.74, 6) is 0.895. The highest BCUT2D eigenvalue weighted by molar-refractivity contribution is 6.27. The van der Waals surface area contributed by atoms with E-state index in [0.29, 0.717) is 5.56 Å². The lowest BCUT2D eigenvalue weighted by Crippen LogP contribution is -2.17. The third kappa shape index (κ3) is 4.16. The van der Waals surface area contributed by atoms with Crippen LogP contribution in [0, 0.1) is 11.3 Å². The molecule has 9 aromatic carbocycles. The summed E-state index contributed by atoms with van der Waals surface area (Å²) in [6.45, 7) is 0. The van der Waals surface area contributed by atoms with Gasteiger partial charge in [0, 0.05) is 17.5 Å². The predicted molar refractivity (Wildman–Crippen MR) is 211 cm³/mol. The number of nitrogens with zero attached hydrogens (tertiary/aromatic N) is 1. The summed E-state index contributed by atoms with van der Waals surface area (Å²) >= 11 is 0. The van der Waals surface area contributed by atoms with Gasteiger partial charge in [0.25, 0.3) is 0 Å². The summed E-state index contributed by atoms with van der Waals surface area (Å²) < 4.78 is 6.64. The summed E-state index contributed by atoms with van der Waals surface area (Å²) in [6, 6.07) is 55.5. The molecule has 0 fully saturated rings. The molecule has 0 N–H and O–H groups in total. The number of benzene rings is 9. The molecule has 0 saturated carbocycles. The Morgan fingerprint density at radius 2 is 1.14 bits per heavy atom. The van der Waals surface area contributed by atoms with Gasteiger partial charge in [0.15, 0.2) is 0 Å². The van der Waals surface area contributed by atoms with Crippen LogP contribution in [0.2, 0.25) is 0 Å². The van der Waals surface area contributed by atoms with Crippen molar-refractivity contribution in [3.8, 4) is 56.3 Å². The molecule has 2 aliphatic rings. The molecule has 0 bridgehead atoms. The van der Waals surface area contributed by atoms with E-state index in [0.717, 1.165) is 45.6 Å². The molecule has 51 heavy (non-hydrogen) atoms. The molecule has 1 atom stereocenters. The van der Waals surface area contributed by atoms with Crippen LogP contribution in [0.15, 0.2) is 152 Å². The van der Waals surface area contributed by atoms with Gasteiger partial charge < -0.3 is 4.74 Å². The average Bonchev–Trinajstić information content (AvgIpc) is 3.19. The molecule has 1 heterocycles. The molecule has 1 aliphatic heterocycles. The summed E-state index contributed by atoms with van der Waals surface area (Å²) in [6.07, 6.45) is 4.91. The van der Waals surface area contributed by atoms with Gasteiger partial charge in [-0.1, -0.05) is 133 Å². The highest BCUT2D eigenvalue weighted by Gasteiger charge is 2.31. The van der Waals surface area contributed by atoms with Crippen molar-refractivity contribution in [3.63, 3.8) is 0 Å². The van der Waals surface area contributed by atoms with Crippen molar-refractivity contribution in [3.05, 3.63) is 168 Å². The molecule has 0 aromatic heterocycles. The molecular weight excluding hydrogens is 619 g/mol. The average molecular weight is 648 g/mol. The SMILES string of the molecule is N#Cc1ccc2c3c1C=CCC3Oc1cc(-c3cccc(-c4ccc5ccc6c(-c7ccc8ccccc8c7)ccc7ccc4c5c76)c3)ccc1-2. The summed E-state index contributed by atoms with van der Waals surface area (Å²) in [4.78, 5) is 0. The molecule has 1 aliphatic carbocycles. The van der Waals surface area contributed by atoms with E-state index >= 15 is 0 Å². The maximum atomic E-state index is 9.71. The van der Waals surface area contributed by atoms with Crippen LogP contribution < -0.4 is 4.74 Å². The minimum atomic E-state index is -0.0821.